The largest absolute Gasteiger partial charge is 0.480 e. The maximum Gasteiger partial charge on any atom is 0.335 e. The minimum atomic E-state index is -2.36. The van der Waals surface area contributed by atoms with Crippen LogP contribution in [-0.4, -0.2) is 90.7 Å². The van der Waals surface area contributed by atoms with Crippen LogP contribution in [0.2, 0.25) is 0 Å². The van der Waals surface area contributed by atoms with Gasteiger partial charge in [-0.3, -0.25) is 4.79 Å². The van der Waals surface area contributed by atoms with Crippen LogP contribution in [0.4, 0.5) is 0 Å². The summed E-state index contributed by atoms with van der Waals surface area (Å²) in [4.78, 5) is 30.3. The second kappa shape index (κ2) is 12.6. The highest BCUT2D eigenvalue weighted by Crippen LogP contribution is 2.05. The first-order chi connectivity index (χ1) is 11.0. The summed E-state index contributed by atoms with van der Waals surface area (Å²) in [6.45, 7) is 0.604. The molecule has 0 saturated heterocycles. The van der Waals surface area contributed by atoms with Gasteiger partial charge in [-0.2, -0.15) is 0 Å². The summed E-state index contributed by atoms with van der Waals surface area (Å²) in [5, 5.41) is 59.8. The fourth-order valence-corrected chi connectivity index (χ4v) is 1.30. The summed E-state index contributed by atoms with van der Waals surface area (Å²) >= 11 is 0. The van der Waals surface area contributed by atoms with Gasteiger partial charge in [-0.25, -0.2) is 9.59 Å². The van der Waals surface area contributed by atoms with Gasteiger partial charge in [0.1, 0.15) is 18.2 Å². The predicted molar refractivity (Wildman–Crippen MR) is 77.8 cm³/mol. The van der Waals surface area contributed by atoms with Crippen molar-refractivity contribution in [3.05, 3.63) is 0 Å². The molecule has 142 valence electrons. The number of rotatable bonds is 10. The van der Waals surface area contributed by atoms with Crippen LogP contribution < -0.4 is 11.5 Å². The third-order valence-electron chi connectivity index (χ3n) is 2.79. The lowest BCUT2D eigenvalue weighted by molar-refractivity contribution is -0.172. The van der Waals surface area contributed by atoms with Crippen LogP contribution in [0.15, 0.2) is 0 Å². The Morgan fingerprint density at radius 2 is 1.12 bits per heavy atom. The molecule has 12 nitrogen and oxygen atoms in total. The van der Waals surface area contributed by atoms with Crippen LogP contribution in [0, 0.1) is 0 Å². The van der Waals surface area contributed by atoms with Crippen LogP contribution in [0.1, 0.15) is 19.3 Å². The number of carbonyl (C=O) groups is 3. The Bertz CT molecular complexity index is 381. The normalized spacial score (nSPS) is 16.8. The highest BCUT2D eigenvalue weighted by Gasteiger charge is 2.37. The molecule has 0 aromatic rings. The Labute approximate surface area is 136 Å². The van der Waals surface area contributed by atoms with Gasteiger partial charge in [-0.1, -0.05) is 6.42 Å². The molecule has 0 radical (unpaired) electrons. The molecule has 0 aromatic heterocycles. The van der Waals surface area contributed by atoms with Crippen LogP contribution in [0.25, 0.3) is 0 Å². The summed E-state index contributed by atoms with van der Waals surface area (Å²) in [7, 11) is 0. The molecular weight excluding hydrogens is 332 g/mol. The van der Waals surface area contributed by atoms with Gasteiger partial charge < -0.3 is 47.2 Å². The highest BCUT2D eigenvalue weighted by atomic mass is 16.4. The first-order valence-corrected chi connectivity index (χ1v) is 6.83. The van der Waals surface area contributed by atoms with E-state index in [1.165, 1.54) is 0 Å². The van der Waals surface area contributed by atoms with E-state index in [9.17, 15) is 14.4 Å². The number of hydrogen-bond donors (Lipinski definition) is 9. The molecular formula is C12H24N2O10. The van der Waals surface area contributed by atoms with E-state index >= 15 is 0 Å². The molecule has 24 heavy (non-hydrogen) atoms. The molecule has 0 aromatic carbocycles. The van der Waals surface area contributed by atoms with Crippen molar-refractivity contribution in [1.29, 1.82) is 0 Å². The first kappa shape index (κ1) is 24.4. The maximum absolute atomic E-state index is 10.1. The maximum atomic E-state index is 10.1. The molecule has 0 bridgehead atoms. The number of carboxylic acids is 3. The molecule has 5 unspecified atom stereocenters. The van der Waals surface area contributed by atoms with Gasteiger partial charge in [0.15, 0.2) is 12.2 Å². The molecule has 0 saturated carbocycles. The van der Waals surface area contributed by atoms with E-state index in [0.29, 0.717) is 13.0 Å². The minimum Gasteiger partial charge on any atom is -0.480 e. The lowest BCUT2D eigenvalue weighted by Crippen LogP contribution is -2.49. The molecule has 0 amide bonds. The first-order valence-electron chi connectivity index (χ1n) is 6.83. The van der Waals surface area contributed by atoms with Crippen LogP contribution in [0.3, 0.4) is 0 Å². The molecule has 5 atom stereocenters. The number of aliphatic carboxylic acids is 3. The highest BCUT2D eigenvalue weighted by molar-refractivity contribution is 5.75. The topological polar surface area (TPSA) is 245 Å². The zero-order valence-electron chi connectivity index (χ0n) is 12.7. The average molecular weight is 356 g/mol. The van der Waals surface area contributed by atoms with Crippen molar-refractivity contribution in [2.75, 3.05) is 6.54 Å². The van der Waals surface area contributed by atoms with Gasteiger partial charge in [-0.15, -0.1) is 0 Å². The van der Waals surface area contributed by atoms with E-state index in [1.54, 1.807) is 0 Å². The van der Waals surface area contributed by atoms with Gasteiger partial charge in [0.25, 0.3) is 0 Å². The minimum absolute atomic E-state index is 0.520. The molecule has 0 aliphatic heterocycles. The predicted octanol–water partition coefficient (Wildman–Crippen LogP) is -3.87. The van der Waals surface area contributed by atoms with Crippen LogP contribution in [0.5, 0.6) is 0 Å². The van der Waals surface area contributed by atoms with E-state index in [4.69, 9.17) is 47.2 Å². The molecule has 0 aliphatic carbocycles. The second-order valence-corrected chi connectivity index (χ2v) is 4.78. The Balaban J connectivity index is 0. The van der Waals surface area contributed by atoms with Crippen molar-refractivity contribution < 1.29 is 50.1 Å². The van der Waals surface area contributed by atoms with E-state index < -0.39 is 48.4 Å². The molecule has 0 aliphatic rings. The number of carboxylic acid groups (broad SMARTS) is 3. The number of nitrogens with two attached hydrogens (primary N) is 2. The van der Waals surface area contributed by atoms with Crippen molar-refractivity contribution >= 4 is 17.9 Å². The van der Waals surface area contributed by atoms with E-state index in [2.05, 4.69) is 0 Å². The van der Waals surface area contributed by atoms with Gasteiger partial charge >= 0.3 is 17.9 Å². The Morgan fingerprint density at radius 3 is 1.38 bits per heavy atom. The fourth-order valence-electron chi connectivity index (χ4n) is 1.30. The molecule has 0 fully saturated rings. The number of aliphatic hydroxyl groups is 4. The van der Waals surface area contributed by atoms with E-state index in [0.717, 1.165) is 12.8 Å². The van der Waals surface area contributed by atoms with Crippen molar-refractivity contribution in [1.82, 2.24) is 0 Å². The molecule has 11 N–H and O–H groups in total. The molecule has 0 heterocycles. The zero-order valence-corrected chi connectivity index (χ0v) is 12.7. The number of aliphatic hydroxyl groups excluding tert-OH is 4. The lowest BCUT2D eigenvalue weighted by Gasteiger charge is -2.21. The van der Waals surface area contributed by atoms with Gasteiger partial charge in [0.05, 0.1) is 0 Å². The van der Waals surface area contributed by atoms with Gasteiger partial charge in [0, 0.05) is 0 Å². The van der Waals surface area contributed by atoms with Gasteiger partial charge in [-0.05, 0) is 19.4 Å². The quantitative estimate of drug-likeness (QED) is 0.171. The van der Waals surface area contributed by atoms with E-state index in [1.807, 2.05) is 0 Å². The average Bonchev–Trinajstić information content (AvgIpc) is 2.52. The van der Waals surface area contributed by atoms with Gasteiger partial charge in [0.2, 0.25) is 0 Å². The number of unbranched alkanes of at least 4 members (excludes halogenated alkanes) is 1. The molecule has 12 heteroatoms. The van der Waals surface area contributed by atoms with Crippen molar-refractivity contribution in [3.8, 4) is 0 Å². The molecule has 0 rings (SSSR count). The summed E-state index contributed by atoms with van der Waals surface area (Å²) in [5.74, 6) is -4.61. The Hall–Kier alpha value is -1.83. The lowest BCUT2D eigenvalue weighted by atomic mass is 10.0. The fraction of sp³-hybridized carbons (Fsp3) is 0.750. The summed E-state index contributed by atoms with van der Waals surface area (Å²) in [6.07, 6.45) is -7.12. The SMILES string of the molecule is NCCCCC(N)C(=O)O.O=C(O)C(O)C(O)C(O)C(O)C(=O)O. The summed E-state index contributed by atoms with van der Waals surface area (Å²) < 4.78 is 0. The Morgan fingerprint density at radius 1 is 0.750 bits per heavy atom. The van der Waals surface area contributed by atoms with Crippen LogP contribution in [-0.2, 0) is 14.4 Å². The zero-order chi connectivity index (χ0) is 19.4. The smallest absolute Gasteiger partial charge is 0.335 e. The summed E-state index contributed by atoms with van der Waals surface area (Å²) in [5.41, 5.74) is 10.4. The Kier molecular flexibility index (Phi) is 12.8. The van der Waals surface area contributed by atoms with Crippen molar-refractivity contribution in [2.45, 2.75) is 49.7 Å². The van der Waals surface area contributed by atoms with Crippen LogP contribution >= 0.6 is 0 Å². The molecule has 0 spiro atoms. The number of hydrogen-bond acceptors (Lipinski definition) is 9. The van der Waals surface area contributed by atoms with Crippen molar-refractivity contribution in [3.63, 3.8) is 0 Å². The summed E-state index contributed by atoms with van der Waals surface area (Å²) in [6, 6.07) is -0.716. The third-order valence-corrected chi connectivity index (χ3v) is 2.79. The third kappa shape index (κ3) is 10.0. The van der Waals surface area contributed by atoms with Crippen molar-refractivity contribution in [2.24, 2.45) is 11.5 Å². The monoisotopic (exact) mass is 356 g/mol. The standard InChI is InChI=1S/C6H14N2O2.C6H10O8/c7-4-2-1-3-5(8)6(9)10;7-1(3(9)5(11)12)2(8)4(10)6(13)14/h5H,1-4,7-8H2,(H,9,10);1-4,7-10H,(H,11,12)(H,13,14). The van der Waals surface area contributed by atoms with E-state index in [-0.39, 0.29) is 0 Å². The second-order valence-electron chi connectivity index (χ2n) is 4.78.